The van der Waals surface area contributed by atoms with Crippen molar-refractivity contribution in [2.24, 2.45) is 0 Å². The highest BCUT2D eigenvalue weighted by molar-refractivity contribution is 5.92. The van der Waals surface area contributed by atoms with Crippen molar-refractivity contribution in [2.75, 3.05) is 34.4 Å². The van der Waals surface area contributed by atoms with Gasteiger partial charge in [0.1, 0.15) is 11.5 Å². The fourth-order valence-electron chi connectivity index (χ4n) is 3.06. The Morgan fingerprint density at radius 2 is 2.04 bits per heavy atom. The van der Waals surface area contributed by atoms with Crippen LogP contribution in [0.5, 0.6) is 11.5 Å². The molecule has 0 bridgehead atoms. The lowest BCUT2D eigenvalue weighted by atomic mass is 10.1. The van der Waals surface area contributed by atoms with Crippen LogP contribution in [0.4, 0.5) is 0 Å². The van der Waals surface area contributed by atoms with Gasteiger partial charge >= 0.3 is 0 Å². The van der Waals surface area contributed by atoms with E-state index in [-0.39, 0.29) is 5.91 Å². The molecule has 0 unspecified atom stereocenters. The summed E-state index contributed by atoms with van der Waals surface area (Å²) in [5, 5.41) is 2.93. The Hall–Kier alpha value is -2.01. The number of likely N-dealkylation sites (N-methyl/N-ethyl adjacent to an activating group) is 1. The minimum atomic E-state index is -0.0901. The number of methoxy groups -OCH3 is 2. The van der Waals surface area contributed by atoms with E-state index in [1.807, 2.05) is 12.1 Å². The Morgan fingerprint density at radius 1 is 1.29 bits per heavy atom. The molecule has 0 spiro atoms. The molecule has 24 heavy (non-hydrogen) atoms. The summed E-state index contributed by atoms with van der Waals surface area (Å²) in [5.41, 5.74) is 0.844. The van der Waals surface area contributed by atoms with E-state index in [0.717, 1.165) is 17.9 Å². The molecule has 0 saturated heterocycles. The Kier molecular flexibility index (Phi) is 7.12. The van der Waals surface area contributed by atoms with Crippen LogP contribution in [0.15, 0.2) is 24.3 Å². The number of nitrogens with one attached hydrogen (secondary N) is 1. The number of rotatable bonds is 8. The maximum atomic E-state index is 12.0. The first kappa shape index (κ1) is 18.3. The first-order valence-corrected chi connectivity index (χ1v) is 8.52. The summed E-state index contributed by atoms with van der Waals surface area (Å²) in [6, 6.07) is 6.20. The van der Waals surface area contributed by atoms with Crippen LogP contribution in [-0.2, 0) is 4.79 Å². The Bertz CT molecular complexity index is 566. The highest BCUT2D eigenvalue weighted by Crippen LogP contribution is 2.25. The van der Waals surface area contributed by atoms with Crippen molar-refractivity contribution in [3.8, 4) is 11.5 Å². The average molecular weight is 332 g/mol. The first-order chi connectivity index (χ1) is 11.6. The van der Waals surface area contributed by atoms with Crippen molar-refractivity contribution in [1.82, 2.24) is 10.2 Å². The van der Waals surface area contributed by atoms with Gasteiger partial charge in [0.25, 0.3) is 0 Å². The molecule has 1 aliphatic carbocycles. The SMILES string of the molecule is COc1ccc(/C=C/C(=O)NCCN(C)C2CCCC2)c(OC)c1. The molecule has 5 heteroatoms. The number of amides is 1. The molecule has 1 aromatic rings. The number of nitrogens with zero attached hydrogens (tertiary/aromatic N) is 1. The lowest BCUT2D eigenvalue weighted by molar-refractivity contribution is -0.116. The van der Waals surface area contributed by atoms with E-state index in [1.165, 1.54) is 25.7 Å². The van der Waals surface area contributed by atoms with E-state index in [9.17, 15) is 4.79 Å². The second-order valence-electron chi connectivity index (χ2n) is 6.15. The van der Waals surface area contributed by atoms with Crippen molar-refractivity contribution >= 4 is 12.0 Å². The maximum Gasteiger partial charge on any atom is 0.244 e. The van der Waals surface area contributed by atoms with Gasteiger partial charge in [-0.3, -0.25) is 4.79 Å². The topological polar surface area (TPSA) is 50.8 Å². The Morgan fingerprint density at radius 3 is 2.71 bits per heavy atom. The standard InChI is InChI=1S/C19H28N2O3/c1-21(16-6-4-5-7-16)13-12-20-19(22)11-9-15-8-10-17(23-2)14-18(15)24-3/h8-11,14,16H,4-7,12-13H2,1-3H3,(H,20,22)/b11-9+. The zero-order chi connectivity index (χ0) is 17.4. The van der Waals surface area contributed by atoms with Crippen molar-refractivity contribution < 1.29 is 14.3 Å². The summed E-state index contributed by atoms with van der Waals surface area (Å²) in [6.07, 6.45) is 8.51. The third-order valence-electron chi connectivity index (χ3n) is 4.57. The highest BCUT2D eigenvalue weighted by Gasteiger charge is 2.18. The van der Waals surface area contributed by atoms with E-state index >= 15 is 0 Å². The summed E-state index contributed by atoms with van der Waals surface area (Å²) < 4.78 is 10.5. The van der Waals surface area contributed by atoms with Crippen LogP contribution < -0.4 is 14.8 Å². The van der Waals surface area contributed by atoms with Crippen molar-refractivity contribution in [1.29, 1.82) is 0 Å². The molecule has 1 aliphatic rings. The predicted molar refractivity (Wildman–Crippen MR) is 96.5 cm³/mol. The highest BCUT2D eigenvalue weighted by atomic mass is 16.5. The van der Waals surface area contributed by atoms with Gasteiger partial charge in [-0.25, -0.2) is 0 Å². The van der Waals surface area contributed by atoms with Gasteiger partial charge in [-0.2, -0.15) is 0 Å². The lowest BCUT2D eigenvalue weighted by Crippen LogP contribution is -2.36. The van der Waals surface area contributed by atoms with Crippen molar-refractivity contribution in [2.45, 2.75) is 31.7 Å². The summed E-state index contributed by atoms with van der Waals surface area (Å²) in [4.78, 5) is 14.3. The summed E-state index contributed by atoms with van der Waals surface area (Å²) in [5.74, 6) is 1.32. The van der Waals surface area contributed by atoms with Crippen LogP contribution in [0.3, 0.4) is 0 Å². The molecule has 1 fully saturated rings. The Balaban J connectivity index is 1.80. The third kappa shape index (κ3) is 5.27. The fraction of sp³-hybridized carbons (Fsp3) is 0.526. The normalized spacial score (nSPS) is 15.2. The quantitative estimate of drug-likeness (QED) is 0.744. The van der Waals surface area contributed by atoms with Crippen molar-refractivity contribution in [3.63, 3.8) is 0 Å². The molecule has 0 aliphatic heterocycles. The zero-order valence-electron chi connectivity index (χ0n) is 14.9. The van der Waals surface area contributed by atoms with Crippen molar-refractivity contribution in [3.05, 3.63) is 29.8 Å². The van der Waals surface area contributed by atoms with E-state index in [2.05, 4.69) is 17.3 Å². The van der Waals surface area contributed by atoms with Crippen LogP contribution in [0.25, 0.3) is 6.08 Å². The molecule has 1 N–H and O–H groups in total. The lowest BCUT2D eigenvalue weighted by Gasteiger charge is -2.23. The third-order valence-corrected chi connectivity index (χ3v) is 4.57. The van der Waals surface area contributed by atoms with Gasteiger partial charge < -0.3 is 19.7 Å². The molecule has 1 aromatic carbocycles. The second-order valence-corrected chi connectivity index (χ2v) is 6.15. The molecule has 0 heterocycles. The number of hydrogen-bond donors (Lipinski definition) is 1. The Labute approximate surface area is 144 Å². The van der Waals surface area contributed by atoms with Crippen LogP contribution in [0.1, 0.15) is 31.2 Å². The monoisotopic (exact) mass is 332 g/mol. The molecular formula is C19H28N2O3. The van der Waals surface area contributed by atoms with Crippen LogP contribution in [-0.4, -0.2) is 51.2 Å². The zero-order valence-corrected chi connectivity index (χ0v) is 14.9. The van der Waals surface area contributed by atoms with Gasteiger partial charge in [-0.05, 0) is 38.1 Å². The minimum Gasteiger partial charge on any atom is -0.497 e. The summed E-state index contributed by atoms with van der Waals surface area (Å²) in [6.45, 7) is 1.55. The molecule has 0 atom stereocenters. The fourth-order valence-corrected chi connectivity index (χ4v) is 3.06. The number of ether oxygens (including phenoxy) is 2. The first-order valence-electron chi connectivity index (χ1n) is 8.52. The molecule has 132 valence electrons. The van der Waals surface area contributed by atoms with Gasteiger partial charge in [0.2, 0.25) is 5.91 Å². The number of hydrogen-bond acceptors (Lipinski definition) is 4. The number of carbonyl (C=O) groups is 1. The molecule has 2 rings (SSSR count). The molecule has 5 nitrogen and oxygen atoms in total. The maximum absolute atomic E-state index is 12.0. The molecule has 1 amide bonds. The van der Waals surface area contributed by atoms with Gasteiger partial charge in [0.15, 0.2) is 0 Å². The van der Waals surface area contributed by atoms with E-state index in [0.29, 0.717) is 18.3 Å². The van der Waals surface area contributed by atoms with Gasteiger partial charge in [-0.15, -0.1) is 0 Å². The predicted octanol–water partition coefficient (Wildman–Crippen LogP) is 2.71. The number of benzene rings is 1. The minimum absolute atomic E-state index is 0.0901. The van der Waals surface area contributed by atoms with E-state index in [1.54, 1.807) is 32.4 Å². The van der Waals surface area contributed by atoms with E-state index in [4.69, 9.17) is 9.47 Å². The largest absolute Gasteiger partial charge is 0.497 e. The van der Waals surface area contributed by atoms with Gasteiger partial charge in [0.05, 0.1) is 14.2 Å². The van der Waals surface area contributed by atoms with Crippen LogP contribution in [0, 0.1) is 0 Å². The smallest absolute Gasteiger partial charge is 0.244 e. The molecular weight excluding hydrogens is 304 g/mol. The average Bonchev–Trinajstić information content (AvgIpc) is 3.14. The van der Waals surface area contributed by atoms with E-state index < -0.39 is 0 Å². The van der Waals surface area contributed by atoms with Gasteiger partial charge in [-0.1, -0.05) is 12.8 Å². The molecule has 1 saturated carbocycles. The summed E-state index contributed by atoms with van der Waals surface area (Å²) in [7, 11) is 5.35. The summed E-state index contributed by atoms with van der Waals surface area (Å²) >= 11 is 0. The number of carbonyl (C=O) groups excluding carboxylic acids is 1. The van der Waals surface area contributed by atoms with Crippen LogP contribution in [0.2, 0.25) is 0 Å². The second kappa shape index (κ2) is 9.33. The molecule has 0 aromatic heterocycles. The van der Waals surface area contributed by atoms with Crippen LogP contribution >= 0.6 is 0 Å². The van der Waals surface area contributed by atoms with Gasteiger partial charge in [0, 0.05) is 36.8 Å². The molecule has 0 radical (unpaired) electrons.